The topological polar surface area (TPSA) is 47.2 Å². The fourth-order valence-electron chi connectivity index (χ4n) is 10.6. The molecule has 2 saturated heterocycles. The molecule has 3 aliphatic heterocycles. The second-order valence-electron chi connectivity index (χ2n) is 14.3. The van der Waals surface area contributed by atoms with Gasteiger partial charge in [-0.1, -0.05) is 40.2 Å². The number of alkyl halides is 1. The normalized spacial score (nSPS) is 49.2. The van der Waals surface area contributed by atoms with E-state index in [9.17, 15) is 0 Å². The number of rotatable bonds is 4. The molecule has 0 aromatic rings. The number of hydrogen-bond acceptors (Lipinski definition) is 1. The van der Waals surface area contributed by atoms with Gasteiger partial charge in [0.15, 0.2) is 0 Å². The summed E-state index contributed by atoms with van der Waals surface area (Å²) in [5.74, 6) is 4.02. The molecule has 4 nitrogen and oxygen atoms in total. The second kappa shape index (κ2) is 10.8. The van der Waals surface area contributed by atoms with Gasteiger partial charge in [-0.15, -0.1) is 0 Å². The SMILES string of the molecule is BrC1C[NH2+]C2C1CCC1C=CC3=C(C4CCC(C5[N-]C(C6=CCCCC6)[NH+]5C5C=CCCC5)CC4)CNC3C12. The number of nitrogens with zero attached hydrogens (tertiary/aromatic N) is 1. The Morgan fingerprint density at radius 2 is 1.90 bits per heavy atom. The summed E-state index contributed by atoms with van der Waals surface area (Å²) >= 11 is 4.03. The standard InChI is InChI=1S/C34H48BrN4/c35-29-20-37-32-27(29)18-16-22-15-17-26-28(19-36-31(26)30(22)32)21-11-13-24(14-12-21)34-38-33(23-7-3-1-4-8-23)39(34)25-9-5-2-6-10-25/h5,7,9,15,17,21-22,24-25,27,29-34,36-37H,1-4,6,8,10-14,16,18-20H2/q-1/p+2. The van der Waals surface area contributed by atoms with E-state index in [1.807, 2.05) is 4.90 Å². The van der Waals surface area contributed by atoms with Crippen molar-refractivity contribution in [1.29, 1.82) is 0 Å². The van der Waals surface area contributed by atoms with Gasteiger partial charge in [0.25, 0.3) is 0 Å². The first-order valence-corrected chi connectivity index (χ1v) is 17.7. The molecule has 5 aliphatic carbocycles. The monoisotopic (exact) mass is 593 g/mol. The molecule has 39 heavy (non-hydrogen) atoms. The summed E-state index contributed by atoms with van der Waals surface area (Å²) in [6.07, 6.45) is 31.5. The van der Waals surface area contributed by atoms with Crippen molar-refractivity contribution >= 4 is 15.9 Å². The smallest absolute Gasteiger partial charge is 0.104 e. The minimum absolute atomic E-state index is 0.469. The summed E-state index contributed by atoms with van der Waals surface area (Å²) in [7, 11) is 0. The highest BCUT2D eigenvalue weighted by Crippen LogP contribution is 2.48. The van der Waals surface area contributed by atoms with E-state index in [-0.39, 0.29) is 0 Å². The maximum Gasteiger partial charge on any atom is 0.104 e. The predicted octanol–water partition coefficient (Wildman–Crippen LogP) is 4.52. The van der Waals surface area contributed by atoms with E-state index >= 15 is 0 Å². The first-order valence-electron chi connectivity index (χ1n) is 16.8. The molecule has 0 spiro atoms. The van der Waals surface area contributed by atoms with Crippen LogP contribution in [0.5, 0.6) is 0 Å². The third-order valence-corrected chi connectivity index (χ3v) is 13.6. The van der Waals surface area contributed by atoms with E-state index in [0.29, 0.717) is 24.4 Å². The van der Waals surface area contributed by atoms with Crippen LogP contribution in [0.1, 0.15) is 83.5 Å². The summed E-state index contributed by atoms with van der Waals surface area (Å²) in [5.41, 5.74) is 5.18. The summed E-state index contributed by atoms with van der Waals surface area (Å²) in [5, 5.41) is 12.3. The number of halogens is 1. The van der Waals surface area contributed by atoms with Crippen molar-refractivity contribution in [3.05, 3.63) is 52.4 Å². The number of hydrogen-bond donors (Lipinski definition) is 3. The van der Waals surface area contributed by atoms with Crippen LogP contribution < -0.4 is 15.5 Å². The van der Waals surface area contributed by atoms with Crippen LogP contribution in [0.4, 0.5) is 0 Å². The number of fused-ring (bicyclic) bond motifs is 5. The molecule has 4 fully saturated rings. The van der Waals surface area contributed by atoms with Crippen LogP contribution in [-0.4, -0.2) is 48.4 Å². The third-order valence-electron chi connectivity index (χ3n) is 12.5. The summed E-state index contributed by atoms with van der Waals surface area (Å²) < 4.78 is 0. The molecule has 0 amide bonds. The van der Waals surface area contributed by atoms with Gasteiger partial charge < -0.3 is 20.9 Å². The Labute approximate surface area is 244 Å². The molecule has 0 bridgehead atoms. The summed E-state index contributed by atoms with van der Waals surface area (Å²) in [4.78, 5) is 2.55. The van der Waals surface area contributed by atoms with Gasteiger partial charge in [-0.25, -0.2) is 0 Å². The molecule has 0 aromatic heterocycles. The Morgan fingerprint density at radius 3 is 2.72 bits per heavy atom. The Balaban J connectivity index is 0.960. The Bertz CT molecular complexity index is 1050. The van der Waals surface area contributed by atoms with E-state index in [1.54, 1.807) is 16.7 Å². The van der Waals surface area contributed by atoms with Crippen molar-refractivity contribution in [2.45, 2.75) is 119 Å². The molecular weight excluding hydrogens is 544 g/mol. The van der Waals surface area contributed by atoms with Gasteiger partial charge in [0.05, 0.1) is 17.4 Å². The van der Waals surface area contributed by atoms with Crippen LogP contribution in [0.3, 0.4) is 0 Å². The minimum atomic E-state index is 0.469. The minimum Gasteiger partial charge on any atom is -0.553 e. The quantitative estimate of drug-likeness (QED) is 0.326. The van der Waals surface area contributed by atoms with Crippen LogP contribution in [0.2, 0.25) is 0 Å². The molecule has 8 rings (SSSR count). The zero-order chi connectivity index (χ0) is 25.9. The fourth-order valence-corrected chi connectivity index (χ4v) is 11.4. The fraction of sp³-hybridized carbons (Fsp3) is 0.765. The molecule has 0 radical (unpaired) electrons. The van der Waals surface area contributed by atoms with Crippen molar-refractivity contribution in [2.24, 2.45) is 29.6 Å². The molecule has 212 valence electrons. The van der Waals surface area contributed by atoms with Gasteiger partial charge in [-0.3, -0.25) is 0 Å². The van der Waals surface area contributed by atoms with Gasteiger partial charge in [-0.05, 0) is 118 Å². The van der Waals surface area contributed by atoms with E-state index in [4.69, 9.17) is 5.32 Å². The highest BCUT2D eigenvalue weighted by atomic mass is 79.9. The van der Waals surface area contributed by atoms with Crippen LogP contribution in [0.25, 0.3) is 5.32 Å². The van der Waals surface area contributed by atoms with Gasteiger partial charge in [0.2, 0.25) is 0 Å². The van der Waals surface area contributed by atoms with Crippen LogP contribution >= 0.6 is 15.9 Å². The number of quaternary nitrogens is 2. The Morgan fingerprint density at radius 1 is 0.974 bits per heavy atom. The number of nitrogens with one attached hydrogen (secondary N) is 2. The number of nitrogens with two attached hydrogens (primary N) is 1. The molecular formula is C34H50BrN4+. The lowest BCUT2D eigenvalue weighted by Gasteiger charge is -2.65. The first-order chi connectivity index (χ1) is 19.3. The maximum atomic E-state index is 5.51. The van der Waals surface area contributed by atoms with Crippen LogP contribution in [-0.2, 0) is 0 Å². The second-order valence-corrected chi connectivity index (χ2v) is 15.5. The van der Waals surface area contributed by atoms with E-state index in [0.717, 1.165) is 47.0 Å². The van der Waals surface area contributed by atoms with Crippen molar-refractivity contribution in [1.82, 2.24) is 5.32 Å². The summed E-state index contributed by atoms with van der Waals surface area (Å²) in [6.45, 7) is 2.41. The highest BCUT2D eigenvalue weighted by molar-refractivity contribution is 9.09. The van der Waals surface area contributed by atoms with E-state index in [2.05, 4.69) is 56.9 Å². The molecule has 10 unspecified atom stereocenters. The van der Waals surface area contributed by atoms with Crippen LogP contribution in [0.15, 0.2) is 47.1 Å². The zero-order valence-corrected chi connectivity index (χ0v) is 25.3. The van der Waals surface area contributed by atoms with Gasteiger partial charge >= 0.3 is 0 Å². The summed E-state index contributed by atoms with van der Waals surface area (Å²) in [6, 6.07) is 2.11. The number of allylic oxidation sites excluding steroid dienone is 3. The van der Waals surface area contributed by atoms with Crippen molar-refractivity contribution < 1.29 is 10.2 Å². The zero-order valence-electron chi connectivity index (χ0n) is 23.7. The predicted molar refractivity (Wildman–Crippen MR) is 162 cm³/mol. The third kappa shape index (κ3) is 4.52. The molecule has 10 atom stereocenters. The lowest BCUT2D eigenvalue weighted by Crippen LogP contribution is -3.28. The lowest BCUT2D eigenvalue weighted by molar-refractivity contribution is -0.990. The largest absolute Gasteiger partial charge is 0.553 e. The van der Waals surface area contributed by atoms with E-state index < -0.39 is 0 Å². The Hall–Kier alpha value is -0.720. The van der Waals surface area contributed by atoms with Crippen molar-refractivity contribution in [3.8, 4) is 0 Å². The van der Waals surface area contributed by atoms with E-state index in [1.165, 1.54) is 90.0 Å². The highest BCUT2D eigenvalue weighted by Gasteiger charge is 2.53. The average molecular weight is 595 g/mol. The van der Waals surface area contributed by atoms with Crippen molar-refractivity contribution in [2.75, 3.05) is 13.1 Å². The maximum absolute atomic E-state index is 5.51. The van der Waals surface area contributed by atoms with Gasteiger partial charge in [0, 0.05) is 43.2 Å². The van der Waals surface area contributed by atoms with Gasteiger partial charge in [0.1, 0.15) is 6.04 Å². The van der Waals surface area contributed by atoms with Gasteiger partial charge in [-0.2, -0.15) is 0 Å². The Kier molecular flexibility index (Phi) is 7.21. The molecule has 8 aliphatic rings. The molecule has 2 saturated carbocycles. The average Bonchev–Trinajstić information content (AvgIpc) is 3.58. The molecule has 3 heterocycles. The van der Waals surface area contributed by atoms with Crippen molar-refractivity contribution in [3.63, 3.8) is 0 Å². The first kappa shape index (κ1) is 25.9. The lowest BCUT2D eigenvalue weighted by atomic mass is 9.64. The van der Waals surface area contributed by atoms with Crippen LogP contribution in [0, 0.1) is 29.6 Å². The molecule has 0 aromatic carbocycles. The molecule has 4 N–H and O–H groups in total. The molecule has 5 heteroatoms.